The Bertz CT molecular complexity index is 680. The minimum atomic E-state index is 0.845. The van der Waals surface area contributed by atoms with Crippen LogP contribution in [-0.4, -0.2) is 24.0 Å². The lowest BCUT2D eigenvalue weighted by Crippen LogP contribution is -2.10. The Morgan fingerprint density at radius 1 is 1.15 bits per heavy atom. The van der Waals surface area contributed by atoms with Crippen LogP contribution in [0.15, 0.2) is 59.3 Å². The van der Waals surface area contributed by atoms with E-state index in [1.807, 2.05) is 18.2 Å². The molecule has 2 aromatic carbocycles. The maximum Gasteiger partial charge on any atom is 0.302 e. The van der Waals surface area contributed by atoms with Gasteiger partial charge in [0.25, 0.3) is 0 Å². The SMILES string of the molecule is CN(C)C[c-]1cccc1-c1[o+][cH-]nc1-c1ccccc1. The Balaban J connectivity index is 2.04. The summed E-state index contributed by atoms with van der Waals surface area (Å²) in [5.41, 5.74) is 4.35. The predicted molar refractivity (Wildman–Crippen MR) is 80.4 cm³/mol. The van der Waals surface area contributed by atoms with E-state index in [0.717, 1.165) is 29.1 Å². The van der Waals surface area contributed by atoms with Gasteiger partial charge in [0.15, 0.2) is 0 Å². The van der Waals surface area contributed by atoms with Gasteiger partial charge in [0, 0.05) is 5.69 Å². The first-order valence-electron chi connectivity index (χ1n) is 6.64. The normalized spacial score (nSPS) is 11.2. The lowest BCUT2D eigenvalue weighted by atomic mass is 10.1. The van der Waals surface area contributed by atoms with Crippen LogP contribution in [-0.2, 0) is 6.54 Å². The van der Waals surface area contributed by atoms with Crippen molar-refractivity contribution in [2.45, 2.75) is 6.54 Å². The maximum atomic E-state index is 5.66. The van der Waals surface area contributed by atoms with Crippen LogP contribution in [0.25, 0.3) is 22.6 Å². The smallest absolute Gasteiger partial charge is 0.302 e. The summed E-state index contributed by atoms with van der Waals surface area (Å²) in [4.78, 5) is 6.53. The molecule has 0 bridgehead atoms. The van der Waals surface area contributed by atoms with Gasteiger partial charge in [-0.15, -0.1) is 11.6 Å². The zero-order chi connectivity index (χ0) is 13.9. The molecule has 102 valence electrons. The molecule has 3 nitrogen and oxygen atoms in total. The van der Waals surface area contributed by atoms with Gasteiger partial charge in [0.1, 0.15) is 0 Å². The summed E-state index contributed by atoms with van der Waals surface area (Å²) in [6.45, 7) is 0.886. The lowest BCUT2D eigenvalue weighted by molar-refractivity contribution is 0.403. The quantitative estimate of drug-likeness (QED) is 0.530. The molecule has 0 radical (unpaired) electrons. The Morgan fingerprint density at radius 3 is 2.70 bits per heavy atom. The fourth-order valence-corrected chi connectivity index (χ4v) is 2.40. The van der Waals surface area contributed by atoms with Crippen molar-refractivity contribution in [1.29, 1.82) is 0 Å². The molecule has 0 aliphatic heterocycles. The fourth-order valence-electron chi connectivity index (χ4n) is 2.40. The van der Waals surface area contributed by atoms with Gasteiger partial charge in [0.05, 0.1) is 0 Å². The third-order valence-corrected chi connectivity index (χ3v) is 3.25. The van der Waals surface area contributed by atoms with Crippen LogP contribution in [0.5, 0.6) is 0 Å². The molecule has 20 heavy (non-hydrogen) atoms. The highest BCUT2D eigenvalue weighted by Gasteiger charge is 2.12. The van der Waals surface area contributed by atoms with E-state index in [4.69, 9.17) is 4.42 Å². The van der Waals surface area contributed by atoms with E-state index < -0.39 is 0 Å². The highest BCUT2D eigenvalue weighted by molar-refractivity contribution is 5.78. The number of aromatic nitrogens is 1. The predicted octanol–water partition coefficient (Wildman–Crippen LogP) is 3.79. The van der Waals surface area contributed by atoms with Gasteiger partial charge in [-0.2, -0.15) is 12.1 Å². The van der Waals surface area contributed by atoms with E-state index in [1.165, 1.54) is 12.0 Å². The summed E-state index contributed by atoms with van der Waals surface area (Å²) in [7, 11) is 4.13. The maximum absolute atomic E-state index is 5.66. The fraction of sp³-hybridized carbons (Fsp3) is 0.176. The zero-order valence-electron chi connectivity index (χ0n) is 11.7. The van der Waals surface area contributed by atoms with Crippen molar-refractivity contribution in [3.63, 3.8) is 0 Å². The van der Waals surface area contributed by atoms with E-state index in [0.29, 0.717) is 0 Å². The first kappa shape index (κ1) is 12.8. The third kappa shape index (κ3) is 2.40. The molecule has 3 rings (SSSR count). The minimum Gasteiger partial charge on any atom is -0.325 e. The van der Waals surface area contributed by atoms with Crippen molar-refractivity contribution >= 4 is 0 Å². The van der Waals surface area contributed by atoms with Crippen molar-refractivity contribution in [3.8, 4) is 22.6 Å². The molecule has 0 unspecified atom stereocenters. The second-order valence-corrected chi connectivity index (χ2v) is 5.10. The number of rotatable bonds is 4. The van der Waals surface area contributed by atoms with Crippen LogP contribution in [0.1, 0.15) is 5.56 Å². The summed E-state index contributed by atoms with van der Waals surface area (Å²) in [5, 5.41) is 0. The van der Waals surface area contributed by atoms with Crippen molar-refractivity contribution in [2.24, 2.45) is 0 Å². The molecule has 3 aromatic rings. The van der Waals surface area contributed by atoms with Crippen LogP contribution >= 0.6 is 0 Å². The first-order valence-corrected chi connectivity index (χ1v) is 6.64. The highest BCUT2D eigenvalue weighted by atomic mass is 16.3. The highest BCUT2D eigenvalue weighted by Crippen LogP contribution is 2.33. The molecule has 0 aliphatic carbocycles. The largest absolute Gasteiger partial charge is 0.325 e. The monoisotopic (exact) mass is 265 g/mol. The van der Waals surface area contributed by atoms with E-state index >= 15 is 0 Å². The van der Waals surface area contributed by atoms with Crippen LogP contribution in [0, 0.1) is 0 Å². The van der Waals surface area contributed by atoms with Crippen molar-refractivity contribution in [2.75, 3.05) is 14.1 Å². The summed E-state index contributed by atoms with van der Waals surface area (Å²) >= 11 is 0. The molecule has 0 fully saturated rings. The van der Waals surface area contributed by atoms with E-state index in [1.54, 1.807) is 0 Å². The Morgan fingerprint density at radius 2 is 1.95 bits per heavy atom. The molecule has 1 heterocycles. The summed E-state index contributed by atoms with van der Waals surface area (Å²) in [5.74, 6) is 0.845. The molecule has 1 aromatic heterocycles. The van der Waals surface area contributed by atoms with Crippen molar-refractivity contribution < 1.29 is 4.42 Å². The van der Waals surface area contributed by atoms with E-state index in [2.05, 4.69) is 54.3 Å². The Hall–Kier alpha value is -2.26. The summed E-state index contributed by atoms with van der Waals surface area (Å²) < 4.78 is 5.66. The molecule has 0 N–H and O–H groups in total. The van der Waals surface area contributed by atoms with Gasteiger partial charge in [-0.25, -0.2) is 0 Å². The first-order chi connectivity index (χ1) is 9.75. The van der Waals surface area contributed by atoms with Crippen LogP contribution < -0.4 is 0 Å². The molecule has 0 amide bonds. The average molecular weight is 265 g/mol. The van der Waals surface area contributed by atoms with Crippen molar-refractivity contribution in [3.05, 3.63) is 60.5 Å². The van der Waals surface area contributed by atoms with Gasteiger partial charge < -0.3 is 9.32 Å². The number of benzene rings is 1. The Labute approximate surface area is 118 Å². The van der Waals surface area contributed by atoms with Crippen LogP contribution in [0.4, 0.5) is 0 Å². The molecular formula is C17H17N2O-. The third-order valence-electron chi connectivity index (χ3n) is 3.25. The molecule has 0 saturated heterocycles. The standard InChI is InChI=1S/C17H17N2O/c1-19(2)11-14-9-6-10-15(14)17-16(18-12-20-17)13-7-4-3-5-8-13/h3-10,12H,11H2,1-2H3/q-1. The van der Waals surface area contributed by atoms with E-state index in [9.17, 15) is 0 Å². The molecular weight excluding hydrogens is 248 g/mol. The Kier molecular flexibility index (Phi) is 3.44. The average Bonchev–Trinajstić information content (AvgIpc) is 3.07. The number of hydrogen-bond donors (Lipinski definition) is 0. The van der Waals surface area contributed by atoms with Gasteiger partial charge in [0.2, 0.25) is 5.76 Å². The molecule has 0 spiro atoms. The molecule has 0 atom stereocenters. The van der Waals surface area contributed by atoms with Gasteiger partial charge >= 0.3 is 6.39 Å². The minimum absolute atomic E-state index is 0.845. The van der Waals surface area contributed by atoms with E-state index in [-0.39, 0.29) is 0 Å². The number of oxazole rings is 1. The number of nitrogens with zero attached hydrogens (tertiary/aromatic N) is 2. The van der Waals surface area contributed by atoms with Gasteiger partial charge in [-0.05, 0) is 20.6 Å². The van der Waals surface area contributed by atoms with Crippen molar-refractivity contribution in [1.82, 2.24) is 9.88 Å². The van der Waals surface area contributed by atoms with Crippen LogP contribution in [0.2, 0.25) is 0 Å². The molecule has 0 saturated carbocycles. The second-order valence-electron chi connectivity index (χ2n) is 5.10. The zero-order valence-corrected chi connectivity index (χ0v) is 11.7. The lowest BCUT2D eigenvalue weighted by Gasteiger charge is -2.14. The van der Waals surface area contributed by atoms with Crippen LogP contribution in [0.3, 0.4) is 0 Å². The van der Waals surface area contributed by atoms with Gasteiger partial charge in [-0.3, -0.25) is 4.98 Å². The summed E-state index contributed by atoms with van der Waals surface area (Å²) in [6, 6.07) is 16.4. The van der Waals surface area contributed by atoms with Gasteiger partial charge in [-0.1, -0.05) is 41.5 Å². The summed E-state index contributed by atoms with van der Waals surface area (Å²) in [6.07, 6.45) is 1.52. The number of hydrogen-bond acceptors (Lipinski definition) is 2. The topological polar surface area (TPSA) is 27.4 Å². The second kappa shape index (κ2) is 5.39. The molecule has 3 heteroatoms. The molecule has 0 aliphatic rings.